The Hall–Kier alpha value is -1.93. The number of anilines is 1. The van der Waals surface area contributed by atoms with Crippen LogP contribution in [0.4, 0.5) is 10.1 Å². The SMILES string of the molecule is O=C1[C@H]2[C@H]3C[C@@H]([C@@H]2C(=O)N1c1ccc(F)cc1)[C@@H]1[C@H]3Sc2[nH]c(=O)sc2C12CCCCC2. The van der Waals surface area contributed by atoms with Gasteiger partial charge in [0.1, 0.15) is 5.82 Å². The zero-order chi connectivity index (χ0) is 21.8. The number of aromatic amines is 1. The van der Waals surface area contributed by atoms with Crippen LogP contribution >= 0.6 is 23.1 Å². The topological polar surface area (TPSA) is 70.2 Å². The Morgan fingerprint density at radius 3 is 2.38 bits per heavy atom. The molecular formula is C24H23FN2O3S2. The normalized spacial score (nSPS) is 36.5. The van der Waals surface area contributed by atoms with Crippen LogP contribution in [-0.4, -0.2) is 22.0 Å². The molecule has 1 saturated heterocycles. The van der Waals surface area contributed by atoms with E-state index in [0.29, 0.717) is 11.6 Å². The Morgan fingerprint density at radius 1 is 0.969 bits per heavy atom. The van der Waals surface area contributed by atoms with Crippen LogP contribution in [0, 0.1) is 35.4 Å². The zero-order valence-electron chi connectivity index (χ0n) is 17.4. The van der Waals surface area contributed by atoms with Gasteiger partial charge in [-0.1, -0.05) is 30.6 Å². The fourth-order valence-electron chi connectivity index (χ4n) is 7.92. The van der Waals surface area contributed by atoms with E-state index in [2.05, 4.69) is 4.98 Å². The van der Waals surface area contributed by atoms with Gasteiger partial charge in [0.25, 0.3) is 0 Å². The summed E-state index contributed by atoms with van der Waals surface area (Å²) in [6, 6.07) is 5.67. The van der Waals surface area contributed by atoms with Crippen LogP contribution in [0.1, 0.15) is 43.4 Å². The maximum absolute atomic E-state index is 13.6. The van der Waals surface area contributed by atoms with Gasteiger partial charge in [-0.2, -0.15) is 0 Å². The number of benzene rings is 1. The highest BCUT2D eigenvalue weighted by atomic mass is 32.2. The summed E-state index contributed by atoms with van der Waals surface area (Å²) >= 11 is 3.12. The Morgan fingerprint density at radius 2 is 1.66 bits per heavy atom. The molecule has 2 amide bonds. The van der Waals surface area contributed by atoms with E-state index in [1.54, 1.807) is 11.8 Å². The number of nitrogens with one attached hydrogen (secondary N) is 1. The minimum Gasteiger partial charge on any atom is -0.307 e. The number of thiazole rings is 1. The Kier molecular flexibility index (Phi) is 4.01. The van der Waals surface area contributed by atoms with Gasteiger partial charge in [-0.15, -0.1) is 11.8 Å². The highest BCUT2D eigenvalue weighted by Crippen LogP contribution is 2.71. The molecular weight excluding hydrogens is 447 g/mol. The van der Waals surface area contributed by atoms with Crippen molar-refractivity contribution in [2.45, 2.75) is 54.2 Å². The zero-order valence-corrected chi connectivity index (χ0v) is 19.0. The molecule has 2 aromatic rings. The monoisotopic (exact) mass is 470 g/mol. The molecule has 2 aliphatic heterocycles. The molecule has 2 bridgehead atoms. The Bertz CT molecular complexity index is 1200. The molecule has 4 fully saturated rings. The van der Waals surface area contributed by atoms with Crippen LogP contribution in [0.5, 0.6) is 0 Å². The van der Waals surface area contributed by atoms with Crippen molar-refractivity contribution in [3.63, 3.8) is 0 Å². The van der Waals surface area contributed by atoms with Crippen LogP contribution < -0.4 is 9.77 Å². The van der Waals surface area contributed by atoms with E-state index in [4.69, 9.17) is 0 Å². The third kappa shape index (κ3) is 2.32. The fourth-order valence-corrected chi connectivity index (χ4v) is 11.1. The first-order valence-corrected chi connectivity index (χ1v) is 13.2. The summed E-state index contributed by atoms with van der Waals surface area (Å²) in [6.07, 6.45) is 6.59. The number of carbonyl (C=O) groups excluding carboxylic acids is 2. The van der Waals surface area contributed by atoms with Gasteiger partial charge >= 0.3 is 4.87 Å². The molecule has 1 aromatic carbocycles. The van der Waals surface area contributed by atoms with Crippen molar-refractivity contribution < 1.29 is 14.0 Å². The quantitative estimate of drug-likeness (QED) is 0.630. The molecule has 5 aliphatic rings. The Labute approximate surface area is 192 Å². The van der Waals surface area contributed by atoms with Crippen LogP contribution in [0.2, 0.25) is 0 Å². The summed E-state index contributed by atoms with van der Waals surface area (Å²) in [7, 11) is 0. The molecule has 8 heteroatoms. The number of thioether (sulfide) groups is 1. The molecule has 3 aliphatic carbocycles. The highest BCUT2D eigenvalue weighted by Gasteiger charge is 2.72. The van der Waals surface area contributed by atoms with Gasteiger partial charge < -0.3 is 4.98 Å². The van der Waals surface area contributed by atoms with Crippen molar-refractivity contribution in [3.05, 3.63) is 44.6 Å². The van der Waals surface area contributed by atoms with Crippen molar-refractivity contribution >= 4 is 40.6 Å². The molecule has 166 valence electrons. The lowest BCUT2D eigenvalue weighted by molar-refractivity contribution is -0.123. The number of aromatic nitrogens is 1. The summed E-state index contributed by atoms with van der Waals surface area (Å²) in [4.78, 5) is 45.1. The average Bonchev–Trinajstić information content (AvgIpc) is 3.51. The van der Waals surface area contributed by atoms with Gasteiger partial charge in [0, 0.05) is 15.5 Å². The maximum Gasteiger partial charge on any atom is 0.305 e. The van der Waals surface area contributed by atoms with E-state index < -0.39 is 0 Å². The van der Waals surface area contributed by atoms with Crippen LogP contribution in [-0.2, 0) is 15.0 Å². The number of amides is 2. The number of fused-ring (bicyclic) bond motifs is 11. The molecule has 1 aromatic heterocycles. The minimum atomic E-state index is -0.380. The first-order valence-electron chi connectivity index (χ1n) is 11.5. The molecule has 0 unspecified atom stereocenters. The van der Waals surface area contributed by atoms with E-state index in [1.165, 1.54) is 51.8 Å². The van der Waals surface area contributed by atoms with E-state index >= 15 is 0 Å². The smallest absolute Gasteiger partial charge is 0.305 e. The van der Waals surface area contributed by atoms with Crippen molar-refractivity contribution in [2.75, 3.05) is 4.90 Å². The van der Waals surface area contributed by atoms with Crippen LogP contribution in [0.3, 0.4) is 0 Å². The third-order valence-electron chi connectivity index (χ3n) is 8.89. The first kappa shape index (κ1) is 19.5. The molecule has 32 heavy (non-hydrogen) atoms. The second-order valence-corrected chi connectivity index (χ2v) is 12.3. The number of rotatable bonds is 1. The largest absolute Gasteiger partial charge is 0.307 e. The van der Waals surface area contributed by atoms with Crippen LogP contribution in [0.25, 0.3) is 0 Å². The van der Waals surface area contributed by atoms with Gasteiger partial charge in [-0.25, -0.2) is 4.39 Å². The number of H-pyrrole nitrogens is 1. The first-order chi connectivity index (χ1) is 15.5. The van der Waals surface area contributed by atoms with Crippen LogP contribution in [0.15, 0.2) is 34.1 Å². The lowest BCUT2D eigenvalue weighted by Crippen LogP contribution is -2.51. The molecule has 1 spiro atoms. The predicted molar refractivity (Wildman–Crippen MR) is 120 cm³/mol. The van der Waals surface area contributed by atoms with Gasteiger partial charge in [0.15, 0.2) is 0 Å². The summed E-state index contributed by atoms with van der Waals surface area (Å²) in [5.74, 6) is -0.528. The molecule has 7 rings (SSSR count). The van der Waals surface area contributed by atoms with Gasteiger partial charge in [-0.3, -0.25) is 19.3 Å². The molecule has 3 saturated carbocycles. The summed E-state index contributed by atoms with van der Waals surface area (Å²) in [5, 5.41) is 1.28. The summed E-state index contributed by atoms with van der Waals surface area (Å²) in [5.41, 5.74) is 0.436. The number of halogens is 1. The van der Waals surface area contributed by atoms with Gasteiger partial charge in [0.2, 0.25) is 11.8 Å². The molecule has 0 radical (unpaired) electrons. The predicted octanol–water partition coefficient (Wildman–Crippen LogP) is 4.32. The van der Waals surface area contributed by atoms with Crippen molar-refractivity contribution in [2.24, 2.45) is 29.6 Å². The number of hydrogen-bond donors (Lipinski definition) is 1. The van der Waals surface area contributed by atoms with Crippen molar-refractivity contribution in [3.8, 4) is 0 Å². The molecule has 5 nitrogen and oxygen atoms in total. The van der Waals surface area contributed by atoms with E-state index in [1.807, 2.05) is 0 Å². The maximum atomic E-state index is 13.6. The van der Waals surface area contributed by atoms with Gasteiger partial charge in [0.05, 0.1) is 22.5 Å². The lowest BCUT2D eigenvalue weighted by atomic mass is 9.57. The number of carbonyl (C=O) groups is 2. The second-order valence-electron chi connectivity index (χ2n) is 10.1. The third-order valence-corrected chi connectivity index (χ3v) is 11.6. The molecule has 1 N–H and O–H groups in total. The van der Waals surface area contributed by atoms with E-state index in [-0.39, 0.29) is 56.8 Å². The van der Waals surface area contributed by atoms with E-state index in [9.17, 15) is 18.8 Å². The van der Waals surface area contributed by atoms with Crippen molar-refractivity contribution in [1.82, 2.24) is 4.98 Å². The van der Waals surface area contributed by atoms with E-state index in [0.717, 1.165) is 37.1 Å². The van der Waals surface area contributed by atoms with Gasteiger partial charge in [-0.05, 0) is 61.3 Å². The summed E-state index contributed by atoms with van der Waals surface area (Å²) in [6.45, 7) is 0. The van der Waals surface area contributed by atoms with Crippen molar-refractivity contribution in [1.29, 1.82) is 0 Å². The number of imide groups is 1. The number of nitrogens with zero attached hydrogens (tertiary/aromatic N) is 1. The lowest BCUT2D eigenvalue weighted by Gasteiger charge is -2.52. The molecule has 3 heterocycles. The fraction of sp³-hybridized carbons (Fsp3) is 0.542. The molecule has 6 atom stereocenters. The minimum absolute atomic E-state index is 0.00889. The number of hydrogen-bond acceptors (Lipinski definition) is 5. The highest BCUT2D eigenvalue weighted by molar-refractivity contribution is 8.00. The average molecular weight is 471 g/mol. The second kappa shape index (κ2) is 6.56. The Balaban J connectivity index is 1.32. The standard InChI is InChI=1S/C24H23FN2O3S2/c25-11-4-6-12(7-5-11)27-21(28)15-13-10-14(16(15)22(27)29)18-17(13)24(8-2-1-3-9-24)19-20(31-18)26-23(30)32-19/h4-7,13-18H,1-3,8-10H2,(H,26,30)/t13-,14+,15-,16-,17+,18-/m0/s1. The summed E-state index contributed by atoms with van der Waals surface area (Å²) < 4.78 is 13.4.